The van der Waals surface area contributed by atoms with Crippen molar-refractivity contribution in [2.45, 2.75) is 31.3 Å². The van der Waals surface area contributed by atoms with Crippen LogP contribution in [0.3, 0.4) is 0 Å². The molecule has 0 spiro atoms. The number of nitrogens with one attached hydrogen (secondary N) is 2. The van der Waals surface area contributed by atoms with Gasteiger partial charge in [-0.2, -0.15) is 5.10 Å². The molecular formula is C12H23N5O3S. The summed E-state index contributed by atoms with van der Waals surface area (Å²) < 4.78 is 31.3. The zero-order valence-electron chi connectivity index (χ0n) is 12.4. The van der Waals surface area contributed by atoms with Gasteiger partial charge in [-0.1, -0.05) is 13.8 Å². The van der Waals surface area contributed by atoms with Crippen LogP contribution in [0.25, 0.3) is 0 Å². The van der Waals surface area contributed by atoms with Gasteiger partial charge in [0.15, 0.2) is 0 Å². The van der Waals surface area contributed by atoms with Gasteiger partial charge in [0, 0.05) is 31.9 Å². The van der Waals surface area contributed by atoms with Crippen LogP contribution in [-0.2, 0) is 21.3 Å². The molecule has 0 amide bonds. The summed E-state index contributed by atoms with van der Waals surface area (Å²) in [5, 5.41) is 9.00. The molecule has 1 aromatic rings. The second-order valence-corrected chi connectivity index (χ2v) is 6.90. The average molecular weight is 317 g/mol. The normalized spacial score (nSPS) is 17.5. The number of sulfonamides is 1. The van der Waals surface area contributed by atoms with E-state index in [2.05, 4.69) is 29.1 Å². The molecule has 120 valence electrons. The summed E-state index contributed by atoms with van der Waals surface area (Å²) in [6.45, 7) is 7.65. The summed E-state index contributed by atoms with van der Waals surface area (Å²) in [5.41, 5.74) is 0. The van der Waals surface area contributed by atoms with Crippen molar-refractivity contribution < 1.29 is 13.2 Å². The van der Waals surface area contributed by atoms with Crippen molar-refractivity contribution in [2.24, 2.45) is 0 Å². The van der Waals surface area contributed by atoms with Crippen molar-refractivity contribution >= 4 is 10.0 Å². The first-order valence-electron chi connectivity index (χ1n) is 7.08. The van der Waals surface area contributed by atoms with Crippen LogP contribution in [-0.4, -0.2) is 62.1 Å². The monoisotopic (exact) mass is 317 g/mol. The molecule has 0 saturated carbocycles. The third-order valence-electron chi connectivity index (χ3n) is 3.07. The second kappa shape index (κ2) is 7.32. The Morgan fingerprint density at radius 3 is 2.76 bits per heavy atom. The Balaban J connectivity index is 1.92. The summed E-state index contributed by atoms with van der Waals surface area (Å²) in [6, 6.07) is 0.395. The highest BCUT2D eigenvalue weighted by Gasteiger charge is 2.21. The van der Waals surface area contributed by atoms with Crippen molar-refractivity contribution in [1.29, 1.82) is 0 Å². The molecule has 1 aliphatic rings. The Bertz CT molecular complexity index is 537. The van der Waals surface area contributed by atoms with Gasteiger partial charge < -0.3 is 10.1 Å². The molecule has 2 heterocycles. The SMILES string of the molecule is CC(C)NCCn1cc(S(=O)(=O)NN2CCOCC2)cn1. The van der Waals surface area contributed by atoms with Gasteiger partial charge in [0.25, 0.3) is 10.0 Å². The number of hydrogen-bond donors (Lipinski definition) is 2. The molecule has 1 saturated heterocycles. The molecule has 1 aliphatic heterocycles. The lowest BCUT2D eigenvalue weighted by Gasteiger charge is -2.26. The molecule has 2 rings (SSSR count). The standard InChI is InChI=1S/C12H23N5O3S/c1-11(2)13-3-4-17-10-12(9-14-17)21(18,19)15-16-5-7-20-8-6-16/h9-11,13,15H,3-8H2,1-2H3. The lowest BCUT2D eigenvalue weighted by atomic mass is 10.4. The van der Waals surface area contributed by atoms with Crippen LogP contribution in [0.15, 0.2) is 17.3 Å². The molecule has 0 bridgehead atoms. The number of nitrogens with zero attached hydrogens (tertiary/aromatic N) is 3. The molecule has 0 radical (unpaired) electrons. The van der Waals surface area contributed by atoms with Gasteiger partial charge in [-0.3, -0.25) is 4.68 Å². The molecule has 2 N–H and O–H groups in total. The summed E-state index contributed by atoms with van der Waals surface area (Å²) >= 11 is 0. The van der Waals surface area contributed by atoms with Crippen molar-refractivity contribution in [1.82, 2.24) is 24.9 Å². The highest BCUT2D eigenvalue weighted by Crippen LogP contribution is 2.08. The molecular weight excluding hydrogens is 294 g/mol. The topological polar surface area (TPSA) is 88.5 Å². The van der Waals surface area contributed by atoms with E-state index in [4.69, 9.17) is 4.74 Å². The summed E-state index contributed by atoms with van der Waals surface area (Å²) in [4.78, 5) is 2.73. The van der Waals surface area contributed by atoms with Gasteiger partial charge in [0.05, 0.1) is 26.0 Å². The van der Waals surface area contributed by atoms with E-state index in [1.165, 1.54) is 6.20 Å². The van der Waals surface area contributed by atoms with E-state index in [0.29, 0.717) is 38.9 Å². The van der Waals surface area contributed by atoms with Crippen molar-refractivity contribution in [3.05, 3.63) is 12.4 Å². The number of rotatable bonds is 7. The van der Waals surface area contributed by atoms with Crippen LogP contribution in [0, 0.1) is 0 Å². The zero-order valence-corrected chi connectivity index (χ0v) is 13.3. The molecule has 0 atom stereocenters. The molecule has 0 unspecified atom stereocenters. The Morgan fingerprint density at radius 1 is 1.38 bits per heavy atom. The van der Waals surface area contributed by atoms with E-state index in [9.17, 15) is 8.42 Å². The van der Waals surface area contributed by atoms with Crippen molar-refractivity contribution in [2.75, 3.05) is 32.8 Å². The molecule has 1 fully saturated rings. The predicted molar refractivity (Wildman–Crippen MR) is 78.1 cm³/mol. The minimum absolute atomic E-state index is 0.179. The summed E-state index contributed by atoms with van der Waals surface area (Å²) in [7, 11) is -3.56. The van der Waals surface area contributed by atoms with Gasteiger partial charge in [0.1, 0.15) is 4.90 Å². The molecule has 8 nitrogen and oxygen atoms in total. The smallest absolute Gasteiger partial charge is 0.256 e. The van der Waals surface area contributed by atoms with Gasteiger partial charge >= 0.3 is 0 Å². The Morgan fingerprint density at radius 2 is 2.10 bits per heavy atom. The maximum atomic E-state index is 12.2. The first kappa shape index (κ1) is 16.4. The fourth-order valence-electron chi connectivity index (χ4n) is 1.95. The highest BCUT2D eigenvalue weighted by molar-refractivity contribution is 7.89. The van der Waals surface area contributed by atoms with E-state index in [-0.39, 0.29) is 4.90 Å². The van der Waals surface area contributed by atoms with Gasteiger partial charge in [-0.25, -0.2) is 13.4 Å². The molecule has 0 aliphatic carbocycles. The van der Waals surface area contributed by atoms with Crippen LogP contribution in [0.1, 0.15) is 13.8 Å². The van der Waals surface area contributed by atoms with Crippen LogP contribution >= 0.6 is 0 Å². The third kappa shape index (κ3) is 5.04. The number of aromatic nitrogens is 2. The Labute approximate surface area is 125 Å². The van der Waals surface area contributed by atoms with Gasteiger partial charge in [-0.15, -0.1) is 4.83 Å². The predicted octanol–water partition coefficient (Wildman–Crippen LogP) is -0.593. The van der Waals surface area contributed by atoms with Crippen molar-refractivity contribution in [3.8, 4) is 0 Å². The lowest BCUT2D eigenvalue weighted by molar-refractivity contribution is 0.0272. The second-order valence-electron chi connectivity index (χ2n) is 5.24. The van der Waals surface area contributed by atoms with Crippen LogP contribution in [0.5, 0.6) is 0 Å². The van der Waals surface area contributed by atoms with E-state index in [1.54, 1.807) is 15.9 Å². The number of hydrogen-bond acceptors (Lipinski definition) is 6. The Kier molecular flexibility index (Phi) is 5.71. The molecule has 1 aromatic heterocycles. The van der Waals surface area contributed by atoms with Crippen LogP contribution in [0.2, 0.25) is 0 Å². The van der Waals surface area contributed by atoms with E-state index in [1.807, 2.05) is 0 Å². The maximum Gasteiger partial charge on any atom is 0.256 e. The summed E-state index contributed by atoms with van der Waals surface area (Å²) in [5.74, 6) is 0. The first-order chi connectivity index (χ1) is 9.97. The maximum absolute atomic E-state index is 12.2. The minimum Gasteiger partial charge on any atom is -0.379 e. The lowest BCUT2D eigenvalue weighted by Crippen LogP contribution is -2.48. The van der Waals surface area contributed by atoms with E-state index >= 15 is 0 Å². The van der Waals surface area contributed by atoms with Gasteiger partial charge in [-0.05, 0) is 0 Å². The number of hydrazine groups is 1. The fourth-order valence-corrected chi connectivity index (χ4v) is 3.02. The quantitative estimate of drug-likeness (QED) is 0.699. The first-order valence-corrected chi connectivity index (χ1v) is 8.57. The molecule has 21 heavy (non-hydrogen) atoms. The van der Waals surface area contributed by atoms with E-state index in [0.717, 1.165) is 6.54 Å². The third-order valence-corrected chi connectivity index (χ3v) is 4.40. The van der Waals surface area contributed by atoms with Crippen LogP contribution in [0.4, 0.5) is 0 Å². The molecule has 0 aromatic carbocycles. The zero-order chi connectivity index (χ0) is 15.3. The fraction of sp³-hybridized carbons (Fsp3) is 0.750. The van der Waals surface area contributed by atoms with E-state index < -0.39 is 10.0 Å². The largest absolute Gasteiger partial charge is 0.379 e. The summed E-state index contributed by atoms with van der Waals surface area (Å²) in [6.07, 6.45) is 2.92. The van der Waals surface area contributed by atoms with Crippen molar-refractivity contribution in [3.63, 3.8) is 0 Å². The molecule has 9 heteroatoms. The number of morpholine rings is 1. The Hall–Kier alpha value is -1.00. The average Bonchev–Trinajstić information content (AvgIpc) is 2.88. The highest BCUT2D eigenvalue weighted by atomic mass is 32.2. The minimum atomic E-state index is -3.56. The number of ether oxygens (including phenoxy) is 1. The van der Waals surface area contributed by atoms with Gasteiger partial charge in [0.2, 0.25) is 0 Å². The van der Waals surface area contributed by atoms with Crippen LogP contribution < -0.4 is 10.1 Å².